The molecule has 66 heavy (non-hydrogen) atoms. The Balaban J connectivity index is 0.952. The molecule has 0 aliphatic carbocycles. The van der Waals surface area contributed by atoms with Crippen molar-refractivity contribution in [3.8, 4) is 67.7 Å². The predicted molar refractivity (Wildman–Crippen MR) is 249 cm³/mol. The Morgan fingerprint density at radius 2 is 0.939 bits per heavy atom. The Morgan fingerprint density at radius 1 is 0.439 bits per heavy atom. The number of halogens is 4. The number of para-hydroxylation sites is 2. The minimum Gasteiger partial charge on any atom is -0.508 e. The number of rotatable bonds is 11. The molecule has 2 aliphatic rings. The maximum Gasteiger partial charge on any atom is 0.138 e. The normalized spacial score (nSPS) is 14.8. The highest BCUT2D eigenvalue weighted by Crippen LogP contribution is 2.38. The van der Waals surface area contributed by atoms with Crippen LogP contribution in [0.4, 0.5) is 28.9 Å². The summed E-state index contributed by atoms with van der Waals surface area (Å²) in [4.78, 5) is 25.6. The van der Waals surface area contributed by atoms with Crippen LogP contribution in [-0.4, -0.2) is 92.3 Å². The van der Waals surface area contributed by atoms with Gasteiger partial charge in [0.15, 0.2) is 0 Å². The standard InChI is InChI=1S/C52H46F4N8O2/c53-39-8-3-6-33(24-39)49-51(59-47(57-49)31-61-14-18-63(19-15-61)43-10-5-11-44(65)30-43)37-22-35(26-41(55)28-37)36-23-38(29-42(56)27-36)52-50(34-7-4-9-40(54)25-34)58-48(60-52)32-62-16-20-64(21-17-62)45-12-1-2-13-46(45)66/h1-13,22-30,65-66H,14-21,31-32H2,(H,57,59)(H,58,60). The minimum absolute atomic E-state index is 0.215. The fourth-order valence-electron chi connectivity index (χ4n) is 9.06. The van der Waals surface area contributed by atoms with Crippen LogP contribution in [0.5, 0.6) is 11.5 Å². The van der Waals surface area contributed by atoms with Crippen molar-refractivity contribution in [2.24, 2.45) is 0 Å². The van der Waals surface area contributed by atoms with Gasteiger partial charge in [0, 0.05) is 86.4 Å². The van der Waals surface area contributed by atoms with Gasteiger partial charge in [0.05, 0.1) is 41.6 Å². The number of benzene rings is 6. The number of phenols is 2. The number of hydrogen-bond acceptors (Lipinski definition) is 8. The first kappa shape index (κ1) is 42.5. The summed E-state index contributed by atoms with van der Waals surface area (Å²) < 4.78 is 61.2. The Kier molecular flexibility index (Phi) is 11.7. The van der Waals surface area contributed by atoms with Crippen LogP contribution in [0, 0.1) is 23.3 Å². The number of anilines is 2. The van der Waals surface area contributed by atoms with E-state index in [1.54, 1.807) is 60.7 Å². The fourth-order valence-corrected chi connectivity index (χ4v) is 9.06. The SMILES string of the molecule is Oc1cccc(N2CCN(Cc3nc(-c4cccc(F)c4)c(-c4cc(F)cc(-c5cc(F)cc(-c6nc(CN7CCN(c8ccccc8O)CC7)[nH]c6-c6cccc(F)c6)c5)c4)[nH]3)CC2)c1. The third-order valence-corrected chi connectivity index (χ3v) is 12.3. The molecular weight excluding hydrogens is 845 g/mol. The van der Waals surface area contributed by atoms with E-state index < -0.39 is 23.3 Å². The van der Waals surface area contributed by atoms with Crippen LogP contribution in [-0.2, 0) is 13.1 Å². The number of nitrogens with one attached hydrogen (secondary N) is 2. The van der Waals surface area contributed by atoms with Crippen molar-refractivity contribution in [1.29, 1.82) is 0 Å². The maximum atomic E-state index is 15.9. The topological polar surface area (TPSA) is 111 Å². The number of aromatic hydroxyl groups is 2. The number of aromatic nitrogens is 4. The van der Waals surface area contributed by atoms with Crippen LogP contribution in [0.15, 0.2) is 133 Å². The molecule has 0 bridgehead atoms. The Labute approximate surface area is 379 Å². The number of hydrogen-bond donors (Lipinski definition) is 4. The number of nitrogens with zero attached hydrogens (tertiary/aromatic N) is 6. The van der Waals surface area contributed by atoms with Crippen LogP contribution in [0.2, 0.25) is 0 Å². The molecule has 0 radical (unpaired) electrons. The molecule has 2 fully saturated rings. The second kappa shape index (κ2) is 18.2. The van der Waals surface area contributed by atoms with Crippen molar-refractivity contribution in [3.05, 3.63) is 168 Å². The number of H-pyrrole nitrogens is 2. The van der Waals surface area contributed by atoms with Crippen LogP contribution in [0.1, 0.15) is 11.6 Å². The van der Waals surface area contributed by atoms with Crippen LogP contribution in [0.3, 0.4) is 0 Å². The number of aromatic amines is 2. The summed E-state index contributed by atoms with van der Waals surface area (Å²) in [6.07, 6.45) is 0. The van der Waals surface area contributed by atoms with E-state index in [4.69, 9.17) is 9.97 Å². The molecule has 0 saturated carbocycles. The van der Waals surface area contributed by atoms with Gasteiger partial charge >= 0.3 is 0 Å². The van der Waals surface area contributed by atoms with Crippen molar-refractivity contribution >= 4 is 11.4 Å². The molecule has 0 atom stereocenters. The van der Waals surface area contributed by atoms with Gasteiger partial charge in [-0.1, -0.05) is 42.5 Å². The van der Waals surface area contributed by atoms with Gasteiger partial charge in [-0.05, 0) is 96.1 Å². The summed E-state index contributed by atoms with van der Waals surface area (Å²) in [6, 6.07) is 35.6. The van der Waals surface area contributed by atoms with Gasteiger partial charge in [-0.3, -0.25) is 9.80 Å². The first-order valence-electron chi connectivity index (χ1n) is 21.9. The summed E-state index contributed by atoms with van der Waals surface area (Å²) >= 11 is 0. The van der Waals surface area contributed by atoms with Crippen molar-refractivity contribution in [2.75, 3.05) is 62.2 Å². The number of phenolic OH excluding ortho intramolecular Hbond substituents is 2. The van der Waals surface area contributed by atoms with Crippen molar-refractivity contribution in [1.82, 2.24) is 29.7 Å². The molecular formula is C52H46F4N8O2. The van der Waals surface area contributed by atoms with E-state index in [1.807, 2.05) is 24.3 Å². The lowest BCUT2D eigenvalue weighted by atomic mass is 9.96. The van der Waals surface area contributed by atoms with Gasteiger partial charge in [0.25, 0.3) is 0 Å². The second-order valence-electron chi connectivity index (χ2n) is 16.8. The molecule has 334 valence electrons. The third-order valence-electron chi connectivity index (χ3n) is 12.3. The number of piperazine rings is 2. The van der Waals surface area contributed by atoms with E-state index in [0.29, 0.717) is 107 Å². The lowest BCUT2D eigenvalue weighted by Gasteiger charge is -2.35. The zero-order valence-electron chi connectivity index (χ0n) is 35.9. The summed E-state index contributed by atoms with van der Waals surface area (Å²) in [6.45, 7) is 6.60. The molecule has 14 heteroatoms. The molecule has 2 saturated heterocycles. The first-order chi connectivity index (χ1) is 32.1. The zero-order chi connectivity index (χ0) is 45.3. The molecule has 0 spiro atoms. The van der Waals surface area contributed by atoms with Gasteiger partial charge < -0.3 is 30.0 Å². The van der Waals surface area contributed by atoms with Crippen LogP contribution < -0.4 is 9.80 Å². The summed E-state index contributed by atoms with van der Waals surface area (Å²) in [7, 11) is 0. The fraction of sp³-hybridized carbons (Fsp3) is 0.192. The van der Waals surface area contributed by atoms with E-state index in [9.17, 15) is 19.0 Å². The molecule has 2 aliphatic heterocycles. The average molecular weight is 891 g/mol. The Morgan fingerprint density at radius 3 is 1.56 bits per heavy atom. The van der Waals surface area contributed by atoms with Gasteiger partial charge in [-0.25, -0.2) is 27.5 Å². The molecule has 0 unspecified atom stereocenters. The largest absolute Gasteiger partial charge is 0.508 e. The monoisotopic (exact) mass is 890 g/mol. The molecule has 0 amide bonds. The van der Waals surface area contributed by atoms with E-state index in [-0.39, 0.29) is 11.5 Å². The van der Waals surface area contributed by atoms with E-state index >= 15 is 8.78 Å². The quantitative estimate of drug-likeness (QED) is 0.0951. The maximum absolute atomic E-state index is 15.9. The van der Waals surface area contributed by atoms with Crippen molar-refractivity contribution in [2.45, 2.75) is 13.1 Å². The van der Waals surface area contributed by atoms with Gasteiger partial charge in [0.1, 0.15) is 46.4 Å². The minimum atomic E-state index is -0.572. The van der Waals surface area contributed by atoms with E-state index in [2.05, 4.69) is 29.6 Å². The molecule has 10 nitrogen and oxygen atoms in total. The first-order valence-corrected chi connectivity index (χ1v) is 21.9. The summed E-state index contributed by atoms with van der Waals surface area (Å²) in [5.41, 5.74) is 6.26. The highest BCUT2D eigenvalue weighted by Gasteiger charge is 2.25. The second-order valence-corrected chi connectivity index (χ2v) is 16.8. The predicted octanol–water partition coefficient (Wildman–Crippen LogP) is 10.1. The molecule has 8 aromatic rings. The van der Waals surface area contributed by atoms with Gasteiger partial charge in [0.2, 0.25) is 0 Å². The molecule has 6 aromatic carbocycles. The van der Waals surface area contributed by atoms with E-state index in [0.717, 1.165) is 37.6 Å². The van der Waals surface area contributed by atoms with Crippen molar-refractivity contribution < 1.29 is 27.8 Å². The van der Waals surface area contributed by atoms with E-state index in [1.165, 1.54) is 48.5 Å². The van der Waals surface area contributed by atoms with Crippen LogP contribution >= 0.6 is 0 Å². The smallest absolute Gasteiger partial charge is 0.138 e. The van der Waals surface area contributed by atoms with Crippen molar-refractivity contribution in [3.63, 3.8) is 0 Å². The van der Waals surface area contributed by atoms with Gasteiger partial charge in [-0.2, -0.15) is 0 Å². The summed E-state index contributed by atoms with van der Waals surface area (Å²) in [5, 5.41) is 20.4. The molecule has 4 heterocycles. The zero-order valence-corrected chi connectivity index (χ0v) is 35.9. The lowest BCUT2D eigenvalue weighted by molar-refractivity contribution is 0.244. The average Bonchev–Trinajstić information content (AvgIpc) is 3.94. The number of imidazole rings is 2. The highest BCUT2D eigenvalue weighted by molar-refractivity contribution is 5.84. The molecule has 10 rings (SSSR count). The lowest BCUT2D eigenvalue weighted by Crippen LogP contribution is -2.46. The highest BCUT2D eigenvalue weighted by atomic mass is 19.1. The Hall–Kier alpha value is -7.42. The third kappa shape index (κ3) is 9.23. The van der Waals surface area contributed by atoms with Crippen LogP contribution in [0.25, 0.3) is 56.2 Å². The summed E-state index contributed by atoms with van der Waals surface area (Å²) in [5.74, 6) is -0.341. The Bertz CT molecular complexity index is 3030. The molecule has 2 aromatic heterocycles. The van der Waals surface area contributed by atoms with Gasteiger partial charge in [-0.15, -0.1) is 0 Å². The molecule has 4 N–H and O–H groups in total.